The molecule has 2 heterocycles. The van der Waals surface area contributed by atoms with Gasteiger partial charge in [-0.15, -0.1) is 0 Å². The van der Waals surface area contributed by atoms with Crippen LogP contribution >= 0.6 is 0 Å². The van der Waals surface area contributed by atoms with Crippen molar-refractivity contribution in [3.05, 3.63) is 23.3 Å². The fraction of sp³-hybridized carbons (Fsp3) is 0.571. The number of carbonyl (C=O) groups is 3. The summed E-state index contributed by atoms with van der Waals surface area (Å²) in [7, 11) is 2.04. The highest BCUT2D eigenvalue weighted by Gasteiger charge is 2.75. The molecule has 4 aliphatic rings. The number of benzene rings is 1. The van der Waals surface area contributed by atoms with Crippen molar-refractivity contribution in [1.29, 1.82) is 0 Å². The maximum absolute atomic E-state index is 13.0. The Morgan fingerprint density at radius 2 is 2.00 bits per heavy atom. The van der Waals surface area contributed by atoms with Crippen LogP contribution in [0.1, 0.15) is 44.2 Å². The molecule has 0 amide bonds. The van der Waals surface area contributed by atoms with Crippen LogP contribution in [-0.4, -0.2) is 54.0 Å². The second-order valence-corrected chi connectivity index (χ2v) is 8.39. The summed E-state index contributed by atoms with van der Waals surface area (Å²) in [5.41, 5.74) is 0.416. The van der Waals surface area contributed by atoms with Crippen molar-refractivity contribution >= 4 is 17.7 Å². The van der Waals surface area contributed by atoms with E-state index in [1.807, 2.05) is 13.1 Å². The molecule has 2 aliphatic heterocycles. The summed E-state index contributed by atoms with van der Waals surface area (Å²) in [5.74, 6) is 0.0240. The first-order valence-corrected chi connectivity index (χ1v) is 9.74. The van der Waals surface area contributed by atoms with Gasteiger partial charge in [-0.05, 0) is 44.5 Å². The summed E-state index contributed by atoms with van der Waals surface area (Å²) in [4.78, 5) is 39.0. The minimum atomic E-state index is -0.822. The van der Waals surface area contributed by atoms with Crippen LogP contribution in [0.15, 0.2) is 12.1 Å². The van der Waals surface area contributed by atoms with Gasteiger partial charge < -0.3 is 14.2 Å². The van der Waals surface area contributed by atoms with Crippen molar-refractivity contribution in [1.82, 2.24) is 4.90 Å². The van der Waals surface area contributed by atoms with Gasteiger partial charge in [0.25, 0.3) is 0 Å². The molecular formula is C21H23NO6. The summed E-state index contributed by atoms with van der Waals surface area (Å²) in [6.07, 6.45) is 1.40. The molecule has 1 aromatic rings. The second-order valence-electron chi connectivity index (χ2n) is 8.39. The van der Waals surface area contributed by atoms with E-state index in [1.54, 1.807) is 6.07 Å². The second kappa shape index (κ2) is 5.56. The number of hydrogen-bond acceptors (Lipinski definition) is 7. The Morgan fingerprint density at radius 1 is 1.21 bits per heavy atom. The molecular weight excluding hydrogens is 362 g/mol. The van der Waals surface area contributed by atoms with Crippen molar-refractivity contribution < 1.29 is 28.6 Å². The molecule has 1 aromatic carbocycles. The number of ketones is 1. The normalized spacial score (nSPS) is 35.0. The highest BCUT2D eigenvalue weighted by molar-refractivity contribution is 5.90. The van der Waals surface area contributed by atoms with Gasteiger partial charge in [0.15, 0.2) is 23.4 Å². The number of hydrogen-bond donors (Lipinski definition) is 0. The zero-order chi connectivity index (χ0) is 19.8. The number of likely N-dealkylation sites (tertiary alicyclic amines) is 1. The van der Waals surface area contributed by atoms with Gasteiger partial charge in [0, 0.05) is 25.8 Å². The molecule has 28 heavy (non-hydrogen) atoms. The smallest absolute Gasteiger partial charge is 0.308 e. The van der Waals surface area contributed by atoms with Crippen LogP contribution in [0.3, 0.4) is 0 Å². The molecule has 7 nitrogen and oxygen atoms in total. The van der Waals surface area contributed by atoms with Crippen molar-refractivity contribution in [2.45, 2.75) is 62.7 Å². The predicted molar refractivity (Wildman–Crippen MR) is 97.3 cm³/mol. The average molecular weight is 385 g/mol. The molecule has 2 aliphatic carbocycles. The van der Waals surface area contributed by atoms with E-state index in [9.17, 15) is 14.4 Å². The molecule has 1 saturated heterocycles. The number of piperidine rings is 1. The van der Waals surface area contributed by atoms with Gasteiger partial charge in [0.05, 0.1) is 11.5 Å². The van der Waals surface area contributed by atoms with E-state index in [4.69, 9.17) is 14.2 Å². The molecule has 1 unspecified atom stereocenters. The van der Waals surface area contributed by atoms with E-state index >= 15 is 0 Å². The number of likely N-dealkylation sites (N-methyl/N-ethyl adjacent to an activating group) is 1. The number of Topliss-reactive ketones (excluding diaryl/α,β-unsaturated/α-hetero) is 1. The SMILES string of the molecule is CC(=O)Oc1ccc2c3c1O[C@H]1C(=O)CCC4(OC(C)=O)[C@@H](C2)N(C)CC[C@]314. The first-order chi connectivity index (χ1) is 13.3. The molecule has 7 heteroatoms. The molecule has 0 aromatic heterocycles. The molecule has 1 saturated carbocycles. The topological polar surface area (TPSA) is 82.1 Å². The molecule has 2 bridgehead atoms. The van der Waals surface area contributed by atoms with E-state index in [1.165, 1.54) is 13.8 Å². The van der Waals surface area contributed by atoms with Gasteiger partial charge in [0.1, 0.15) is 5.60 Å². The van der Waals surface area contributed by atoms with E-state index in [0.29, 0.717) is 37.2 Å². The number of carbonyl (C=O) groups excluding carboxylic acids is 3. The third-order valence-corrected chi connectivity index (χ3v) is 7.05. The molecule has 1 spiro atoms. The summed E-state index contributed by atoms with van der Waals surface area (Å²) >= 11 is 0. The highest BCUT2D eigenvalue weighted by atomic mass is 16.6. The summed E-state index contributed by atoms with van der Waals surface area (Å²) in [5, 5.41) is 0. The zero-order valence-corrected chi connectivity index (χ0v) is 16.2. The third kappa shape index (κ3) is 1.95. The molecule has 5 rings (SSSR count). The van der Waals surface area contributed by atoms with Crippen LogP contribution in [0.25, 0.3) is 0 Å². The lowest BCUT2D eigenvalue weighted by molar-refractivity contribution is -0.211. The van der Waals surface area contributed by atoms with Gasteiger partial charge in [-0.25, -0.2) is 0 Å². The van der Waals surface area contributed by atoms with Gasteiger partial charge in [-0.2, -0.15) is 0 Å². The number of rotatable bonds is 2. The first kappa shape index (κ1) is 17.7. The minimum Gasteiger partial charge on any atom is -0.477 e. The molecule has 148 valence electrons. The Bertz CT molecular complexity index is 926. The lowest BCUT2D eigenvalue weighted by atomic mass is 9.49. The summed E-state index contributed by atoms with van der Waals surface area (Å²) < 4.78 is 17.7. The Labute approximate surface area is 162 Å². The molecule has 0 N–H and O–H groups in total. The van der Waals surface area contributed by atoms with Crippen LogP contribution in [0.5, 0.6) is 11.5 Å². The molecule has 2 fully saturated rings. The number of nitrogens with zero attached hydrogens (tertiary/aromatic N) is 1. The number of esters is 2. The molecule has 0 radical (unpaired) electrons. The zero-order valence-electron chi connectivity index (χ0n) is 16.2. The maximum Gasteiger partial charge on any atom is 0.308 e. The van der Waals surface area contributed by atoms with Crippen molar-refractivity contribution in [3.63, 3.8) is 0 Å². The lowest BCUT2D eigenvalue weighted by Crippen LogP contribution is -2.77. The van der Waals surface area contributed by atoms with Crippen LogP contribution in [0.4, 0.5) is 0 Å². The van der Waals surface area contributed by atoms with Crippen LogP contribution in [0, 0.1) is 0 Å². The fourth-order valence-electron chi connectivity index (χ4n) is 6.19. The lowest BCUT2D eigenvalue weighted by Gasteiger charge is -2.63. The largest absolute Gasteiger partial charge is 0.477 e. The predicted octanol–water partition coefficient (Wildman–Crippen LogP) is 1.54. The van der Waals surface area contributed by atoms with Crippen molar-refractivity contribution in [3.8, 4) is 11.5 Å². The Kier molecular flexibility index (Phi) is 3.51. The summed E-state index contributed by atoms with van der Waals surface area (Å²) in [6.45, 7) is 3.54. The van der Waals surface area contributed by atoms with Crippen LogP contribution in [0.2, 0.25) is 0 Å². The molecule has 4 atom stereocenters. The standard InChI is InChI=1S/C21H23NO6/c1-11(23)26-15-5-4-13-10-16-21(28-12(2)24)7-6-14(25)19-20(21,8-9-22(16)3)17(13)18(15)27-19/h4-5,16,19H,6-10H2,1-3H3/t16-,19+,20+,21?/m1/s1. The Hall–Kier alpha value is -2.41. The maximum atomic E-state index is 13.0. The Balaban J connectivity index is 1.81. The Morgan fingerprint density at radius 3 is 2.71 bits per heavy atom. The van der Waals surface area contributed by atoms with Gasteiger partial charge in [0.2, 0.25) is 0 Å². The fourth-order valence-corrected chi connectivity index (χ4v) is 6.19. The minimum absolute atomic E-state index is 0.0175. The third-order valence-electron chi connectivity index (χ3n) is 7.05. The van der Waals surface area contributed by atoms with Gasteiger partial charge >= 0.3 is 11.9 Å². The van der Waals surface area contributed by atoms with Gasteiger partial charge in [-0.1, -0.05) is 6.07 Å². The van der Waals surface area contributed by atoms with E-state index in [2.05, 4.69) is 4.90 Å². The van der Waals surface area contributed by atoms with Crippen LogP contribution in [-0.2, 0) is 31.0 Å². The monoisotopic (exact) mass is 385 g/mol. The van der Waals surface area contributed by atoms with Gasteiger partial charge in [-0.3, -0.25) is 19.3 Å². The quantitative estimate of drug-likeness (QED) is 0.564. The first-order valence-electron chi connectivity index (χ1n) is 9.74. The van der Waals surface area contributed by atoms with Crippen molar-refractivity contribution in [2.24, 2.45) is 0 Å². The van der Waals surface area contributed by atoms with E-state index < -0.39 is 23.1 Å². The van der Waals surface area contributed by atoms with E-state index in [0.717, 1.165) is 17.7 Å². The number of ether oxygens (including phenoxy) is 3. The average Bonchev–Trinajstić information content (AvgIpc) is 2.97. The highest BCUT2D eigenvalue weighted by Crippen LogP contribution is 2.65. The van der Waals surface area contributed by atoms with Crippen LogP contribution < -0.4 is 9.47 Å². The van der Waals surface area contributed by atoms with Crippen molar-refractivity contribution in [2.75, 3.05) is 13.6 Å². The summed E-state index contributed by atoms with van der Waals surface area (Å²) in [6, 6.07) is 3.66. The van der Waals surface area contributed by atoms with E-state index in [-0.39, 0.29) is 17.8 Å².